The Kier molecular flexibility index (Phi) is 5.53. The lowest BCUT2D eigenvalue weighted by Crippen LogP contribution is -2.54. The zero-order chi connectivity index (χ0) is 22.1. The van der Waals surface area contributed by atoms with Gasteiger partial charge in [0.05, 0.1) is 17.6 Å². The van der Waals surface area contributed by atoms with Gasteiger partial charge < -0.3 is 19.2 Å². The molecule has 1 fully saturated rings. The number of nitrogens with one attached hydrogen (secondary N) is 1. The molecule has 1 aliphatic carbocycles. The summed E-state index contributed by atoms with van der Waals surface area (Å²) in [6.07, 6.45) is 15.9. The molecule has 1 aliphatic heterocycles. The van der Waals surface area contributed by atoms with E-state index in [1.54, 1.807) is 6.33 Å². The lowest BCUT2D eigenvalue weighted by Gasteiger charge is -2.37. The molecule has 5 rings (SSSR count). The standard InChI is InChI=1S/C26H28N4O2/c1-18-14-29(15-19(2)28-18)22-11-10-20-12-23(26(31)32-25(20)13-22)24-16-30(17-27-24)21-8-6-4-3-5-7-9-21/h3-6,8,10-13,16-19,28H,7,9,14-15H2,1-2H3. The van der Waals surface area contributed by atoms with Crippen molar-refractivity contribution in [2.75, 3.05) is 18.0 Å². The molecule has 0 radical (unpaired) electrons. The van der Waals surface area contributed by atoms with Crippen molar-refractivity contribution in [2.24, 2.45) is 0 Å². The van der Waals surface area contributed by atoms with Gasteiger partial charge in [0.15, 0.2) is 0 Å². The first kappa shape index (κ1) is 20.5. The molecule has 2 aromatic heterocycles. The molecular formula is C26H28N4O2. The molecule has 1 aromatic carbocycles. The number of hydrogen-bond acceptors (Lipinski definition) is 5. The number of nitrogens with zero attached hydrogens (tertiary/aromatic N) is 3. The Hall–Kier alpha value is -3.38. The second-order valence-electron chi connectivity index (χ2n) is 8.72. The Balaban J connectivity index is 1.45. The molecule has 1 N–H and O–H groups in total. The fourth-order valence-corrected chi connectivity index (χ4v) is 4.57. The van der Waals surface area contributed by atoms with Crippen LogP contribution in [-0.4, -0.2) is 34.7 Å². The third-order valence-electron chi connectivity index (χ3n) is 6.05. The van der Waals surface area contributed by atoms with Crippen molar-refractivity contribution in [3.8, 4) is 11.3 Å². The summed E-state index contributed by atoms with van der Waals surface area (Å²) >= 11 is 0. The summed E-state index contributed by atoms with van der Waals surface area (Å²) in [6.45, 7) is 6.23. The van der Waals surface area contributed by atoms with Gasteiger partial charge in [-0.15, -0.1) is 0 Å². The van der Waals surface area contributed by atoms with Crippen molar-refractivity contribution < 1.29 is 4.42 Å². The van der Waals surface area contributed by atoms with Gasteiger partial charge in [0.2, 0.25) is 0 Å². The summed E-state index contributed by atoms with van der Waals surface area (Å²) in [5.74, 6) is 0. The van der Waals surface area contributed by atoms with E-state index in [1.807, 2.05) is 41.1 Å². The topological polar surface area (TPSA) is 63.3 Å². The maximum Gasteiger partial charge on any atom is 0.345 e. The van der Waals surface area contributed by atoms with Gasteiger partial charge >= 0.3 is 5.63 Å². The summed E-state index contributed by atoms with van der Waals surface area (Å²) < 4.78 is 7.73. The van der Waals surface area contributed by atoms with Crippen LogP contribution in [0.4, 0.5) is 5.69 Å². The SMILES string of the molecule is CC1CN(c2ccc3cc(-c4cn(C5=CC=CC=CCC5)cn4)c(=O)oc3c2)CC(C)N1. The van der Waals surface area contributed by atoms with Crippen LogP contribution < -0.4 is 15.8 Å². The summed E-state index contributed by atoms with van der Waals surface area (Å²) in [5.41, 5.74) is 3.56. The second kappa shape index (κ2) is 8.63. The predicted molar refractivity (Wildman–Crippen MR) is 130 cm³/mol. The molecule has 0 amide bonds. The van der Waals surface area contributed by atoms with Crippen molar-refractivity contribution in [1.29, 1.82) is 0 Å². The van der Waals surface area contributed by atoms with Gasteiger partial charge in [0.25, 0.3) is 0 Å². The fourth-order valence-electron chi connectivity index (χ4n) is 4.57. The average Bonchev–Trinajstić information content (AvgIpc) is 3.21. The molecule has 32 heavy (non-hydrogen) atoms. The molecule has 3 aromatic rings. The molecule has 2 atom stereocenters. The van der Waals surface area contributed by atoms with Crippen LogP contribution in [-0.2, 0) is 0 Å². The van der Waals surface area contributed by atoms with E-state index in [9.17, 15) is 4.79 Å². The first-order valence-corrected chi connectivity index (χ1v) is 11.2. The van der Waals surface area contributed by atoms with E-state index in [1.165, 1.54) is 0 Å². The highest BCUT2D eigenvalue weighted by atomic mass is 16.4. The molecule has 0 spiro atoms. The largest absolute Gasteiger partial charge is 0.422 e. The van der Waals surface area contributed by atoms with Crippen LogP contribution in [0, 0.1) is 0 Å². The van der Waals surface area contributed by atoms with Gasteiger partial charge in [-0.1, -0.05) is 24.3 Å². The first-order valence-electron chi connectivity index (χ1n) is 11.2. The summed E-state index contributed by atoms with van der Waals surface area (Å²) in [4.78, 5) is 19.7. The molecule has 164 valence electrons. The minimum atomic E-state index is -0.364. The van der Waals surface area contributed by atoms with Crippen LogP contribution in [0.3, 0.4) is 0 Å². The highest BCUT2D eigenvalue weighted by Gasteiger charge is 2.21. The molecule has 0 bridgehead atoms. The normalized spacial score (nSPS) is 21.4. The van der Waals surface area contributed by atoms with Gasteiger partial charge in [-0.25, -0.2) is 9.78 Å². The van der Waals surface area contributed by atoms with Crippen LogP contribution in [0.25, 0.3) is 27.9 Å². The van der Waals surface area contributed by atoms with E-state index in [4.69, 9.17) is 4.42 Å². The van der Waals surface area contributed by atoms with E-state index in [0.29, 0.717) is 28.9 Å². The zero-order valence-electron chi connectivity index (χ0n) is 18.5. The molecule has 2 aliphatic rings. The summed E-state index contributed by atoms with van der Waals surface area (Å²) in [6, 6.07) is 8.82. The van der Waals surface area contributed by atoms with Crippen molar-refractivity contribution in [3.63, 3.8) is 0 Å². The predicted octanol–water partition coefficient (Wildman–Crippen LogP) is 4.59. The third-order valence-corrected chi connectivity index (χ3v) is 6.05. The number of rotatable bonds is 3. The highest BCUT2D eigenvalue weighted by molar-refractivity contribution is 5.84. The number of fused-ring (bicyclic) bond motifs is 1. The Labute approximate surface area is 187 Å². The Morgan fingerprint density at radius 3 is 2.78 bits per heavy atom. The van der Waals surface area contributed by atoms with Crippen LogP contribution in [0.1, 0.15) is 26.7 Å². The minimum absolute atomic E-state index is 0.364. The summed E-state index contributed by atoms with van der Waals surface area (Å²) in [5, 5.41) is 4.44. The molecule has 6 nitrogen and oxygen atoms in total. The van der Waals surface area contributed by atoms with Gasteiger partial charge in [-0.3, -0.25) is 0 Å². The quantitative estimate of drug-likeness (QED) is 0.618. The number of hydrogen-bond donors (Lipinski definition) is 1. The number of anilines is 1. The Morgan fingerprint density at radius 2 is 1.94 bits per heavy atom. The van der Waals surface area contributed by atoms with Crippen LogP contribution >= 0.6 is 0 Å². The Morgan fingerprint density at radius 1 is 1.09 bits per heavy atom. The minimum Gasteiger partial charge on any atom is -0.422 e. The van der Waals surface area contributed by atoms with E-state index >= 15 is 0 Å². The summed E-state index contributed by atoms with van der Waals surface area (Å²) in [7, 11) is 0. The third kappa shape index (κ3) is 4.18. The van der Waals surface area contributed by atoms with E-state index < -0.39 is 0 Å². The molecule has 6 heteroatoms. The van der Waals surface area contributed by atoms with E-state index in [2.05, 4.69) is 53.3 Å². The number of aromatic nitrogens is 2. The number of allylic oxidation sites excluding steroid dienone is 6. The van der Waals surface area contributed by atoms with Crippen molar-refractivity contribution in [3.05, 3.63) is 77.6 Å². The zero-order valence-corrected chi connectivity index (χ0v) is 18.5. The van der Waals surface area contributed by atoms with Crippen molar-refractivity contribution in [2.45, 2.75) is 38.8 Å². The second-order valence-corrected chi connectivity index (χ2v) is 8.72. The van der Waals surface area contributed by atoms with Crippen LogP contribution in [0.15, 0.2) is 76.4 Å². The van der Waals surface area contributed by atoms with Gasteiger partial charge in [-0.2, -0.15) is 0 Å². The van der Waals surface area contributed by atoms with E-state index in [0.717, 1.165) is 42.7 Å². The van der Waals surface area contributed by atoms with Crippen molar-refractivity contribution in [1.82, 2.24) is 14.9 Å². The lowest BCUT2D eigenvalue weighted by atomic mass is 10.1. The van der Waals surface area contributed by atoms with Crippen LogP contribution in [0.5, 0.6) is 0 Å². The molecular weight excluding hydrogens is 400 g/mol. The van der Waals surface area contributed by atoms with Gasteiger partial charge in [-0.05, 0) is 51.0 Å². The maximum absolute atomic E-state index is 12.8. The van der Waals surface area contributed by atoms with Gasteiger partial charge in [0.1, 0.15) is 5.58 Å². The fraction of sp³-hybridized carbons (Fsp3) is 0.308. The monoisotopic (exact) mass is 428 g/mol. The molecule has 1 saturated heterocycles. The number of benzene rings is 1. The maximum atomic E-state index is 12.8. The number of imidazole rings is 1. The average molecular weight is 429 g/mol. The molecule has 2 unspecified atom stereocenters. The highest BCUT2D eigenvalue weighted by Crippen LogP contribution is 2.26. The Bertz CT molecular complexity index is 1270. The van der Waals surface area contributed by atoms with Crippen LogP contribution in [0.2, 0.25) is 0 Å². The van der Waals surface area contributed by atoms with Crippen molar-refractivity contribution >= 4 is 22.4 Å². The van der Waals surface area contributed by atoms with E-state index in [-0.39, 0.29) is 5.63 Å². The smallest absolute Gasteiger partial charge is 0.345 e. The molecule has 0 saturated carbocycles. The first-order chi connectivity index (χ1) is 15.6. The van der Waals surface area contributed by atoms with Gasteiger partial charge in [0, 0.05) is 54.2 Å². The number of piperazine rings is 1. The lowest BCUT2D eigenvalue weighted by molar-refractivity contribution is 0.407. The molecule has 3 heterocycles.